The molecule has 0 fully saturated rings. The molecule has 0 atom stereocenters. The van der Waals surface area contributed by atoms with E-state index in [2.05, 4.69) is 38.9 Å². The quantitative estimate of drug-likeness (QED) is 0.504. The molecule has 0 radical (unpaired) electrons. The lowest BCUT2D eigenvalue weighted by Gasteiger charge is -2.21. The number of benzene rings is 2. The number of fused-ring (bicyclic) bond motifs is 1. The number of pyridine rings is 1. The maximum Gasteiger partial charge on any atom is 0.175 e. The number of rotatable bonds is 7. The van der Waals surface area contributed by atoms with Crippen LogP contribution in [0.25, 0.3) is 10.9 Å². The van der Waals surface area contributed by atoms with Crippen LogP contribution in [0.4, 0.5) is 5.69 Å². The fraction of sp³-hybridized carbons (Fsp3) is 0.250. The Balaban J connectivity index is 1.56. The molecule has 7 heteroatoms. The SMILES string of the molecule is CN(CCCOc1ccc(S(C)(=O)=O)cc1)c1ccnc2cc(Br)ccc12. The second kappa shape index (κ2) is 8.27. The number of sulfone groups is 1. The topological polar surface area (TPSA) is 59.5 Å². The molecule has 1 aromatic heterocycles. The molecule has 0 saturated heterocycles. The van der Waals surface area contributed by atoms with Gasteiger partial charge in [0, 0.05) is 41.6 Å². The van der Waals surface area contributed by atoms with E-state index in [0.29, 0.717) is 17.3 Å². The van der Waals surface area contributed by atoms with Crippen LogP contribution in [0.3, 0.4) is 0 Å². The number of hydrogen-bond acceptors (Lipinski definition) is 5. The first-order valence-corrected chi connectivity index (χ1v) is 11.2. The summed E-state index contributed by atoms with van der Waals surface area (Å²) in [6.07, 6.45) is 3.85. The van der Waals surface area contributed by atoms with E-state index in [4.69, 9.17) is 4.74 Å². The van der Waals surface area contributed by atoms with Crippen molar-refractivity contribution in [3.63, 3.8) is 0 Å². The number of ether oxygens (including phenoxy) is 1. The third-order valence-electron chi connectivity index (χ3n) is 4.25. The zero-order valence-corrected chi connectivity index (χ0v) is 17.6. The number of nitrogens with zero attached hydrogens (tertiary/aromatic N) is 2. The van der Waals surface area contributed by atoms with Crippen molar-refractivity contribution >= 4 is 42.4 Å². The minimum Gasteiger partial charge on any atom is -0.494 e. The summed E-state index contributed by atoms with van der Waals surface area (Å²) in [5, 5.41) is 1.11. The molecule has 0 N–H and O–H groups in total. The van der Waals surface area contributed by atoms with Gasteiger partial charge in [-0.25, -0.2) is 8.42 Å². The Labute approximate surface area is 168 Å². The highest BCUT2D eigenvalue weighted by atomic mass is 79.9. The van der Waals surface area contributed by atoms with Crippen LogP contribution in [0.2, 0.25) is 0 Å². The van der Waals surface area contributed by atoms with Crippen molar-refractivity contribution in [2.24, 2.45) is 0 Å². The zero-order chi connectivity index (χ0) is 19.4. The molecule has 0 spiro atoms. The molecule has 5 nitrogen and oxygen atoms in total. The van der Waals surface area contributed by atoms with E-state index in [-0.39, 0.29) is 0 Å². The molecular weight excluding hydrogens is 428 g/mol. The predicted octanol–water partition coefficient (Wildman–Crippen LogP) is 4.31. The normalized spacial score (nSPS) is 11.5. The van der Waals surface area contributed by atoms with Gasteiger partial charge in [-0.1, -0.05) is 15.9 Å². The lowest BCUT2D eigenvalue weighted by atomic mass is 10.1. The molecule has 0 aliphatic heterocycles. The first kappa shape index (κ1) is 19.6. The highest BCUT2D eigenvalue weighted by Gasteiger charge is 2.08. The maximum atomic E-state index is 11.5. The van der Waals surface area contributed by atoms with Gasteiger partial charge in [0.1, 0.15) is 5.75 Å². The van der Waals surface area contributed by atoms with Crippen molar-refractivity contribution in [1.82, 2.24) is 4.98 Å². The molecular formula is C20H21BrN2O3S. The Morgan fingerprint density at radius 3 is 2.56 bits per heavy atom. The van der Waals surface area contributed by atoms with E-state index in [0.717, 1.165) is 34.0 Å². The number of halogens is 1. The highest BCUT2D eigenvalue weighted by molar-refractivity contribution is 9.10. The second-order valence-electron chi connectivity index (χ2n) is 6.36. The van der Waals surface area contributed by atoms with E-state index in [9.17, 15) is 8.42 Å². The fourth-order valence-corrected chi connectivity index (χ4v) is 3.81. The van der Waals surface area contributed by atoms with E-state index in [1.807, 2.05) is 24.4 Å². The van der Waals surface area contributed by atoms with Crippen molar-refractivity contribution in [3.8, 4) is 5.75 Å². The average molecular weight is 449 g/mol. The Morgan fingerprint density at radius 2 is 1.85 bits per heavy atom. The average Bonchev–Trinajstić information content (AvgIpc) is 2.64. The third-order valence-corrected chi connectivity index (χ3v) is 5.87. The summed E-state index contributed by atoms with van der Waals surface area (Å²) < 4.78 is 29.7. The first-order valence-electron chi connectivity index (χ1n) is 8.53. The van der Waals surface area contributed by atoms with Gasteiger partial charge in [0.05, 0.1) is 17.0 Å². The maximum absolute atomic E-state index is 11.5. The molecule has 0 aliphatic carbocycles. The van der Waals surface area contributed by atoms with Crippen LogP contribution >= 0.6 is 15.9 Å². The molecule has 3 aromatic rings. The van der Waals surface area contributed by atoms with Gasteiger partial charge in [0.2, 0.25) is 0 Å². The van der Waals surface area contributed by atoms with Crippen LogP contribution in [0.1, 0.15) is 6.42 Å². The monoisotopic (exact) mass is 448 g/mol. The van der Waals surface area contributed by atoms with Gasteiger partial charge in [0.25, 0.3) is 0 Å². The van der Waals surface area contributed by atoms with Gasteiger partial charge in [-0.05, 0) is 55.0 Å². The molecule has 0 aliphatic rings. The number of hydrogen-bond donors (Lipinski definition) is 0. The third kappa shape index (κ3) is 4.99. The number of aromatic nitrogens is 1. The summed E-state index contributed by atoms with van der Waals surface area (Å²) in [6, 6.07) is 14.6. The van der Waals surface area contributed by atoms with Gasteiger partial charge in [-0.2, -0.15) is 0 Å². The lowest BCUT2D eigenvalue weighted by molar-refractivity contribution is 0.312. The molecule has 142 valence electrons. The summed E-state index contributed by atoms with van der Waals surface area (Å²) in [7, 11) is -1.12. The molecule has 0 unspecified atom stereocenters. The Kier molecular flexibility index (Phi) is 6.01. The largest absolute Gasteiger partial charge is 0.494 e. The van der Waals surface area contributed by atoms with Crippen molar-refractivity contribution in [2.75, 3.05) is 31.4 Å². The van der Waals surface area contributed by atoms with Crippen LogP contribution in [0.5, 0.6) is 5.75 Å². The fourth-order valence-electron chi connectivity index (χ4n) is 2.83. The Morgan fingerprint density at radius 1 is 1.11 bits per heavy atom. The summed E-state index contributed by atoms with van der Waals surface area (Å²) in [5.74, 6) is 0.671. The highest BCUT2D eigenvalue weighted by Crippen LogP contribution is 2.27. The summed E-state index contributed by atoms with van der Waals surface area (Å²) in [5.41, 5.74) is 2.08. The van der Waals surface area contributed by atoms with Crippen molar-refractivity contribution in [1.29, 1.82) is 0 Å². The predicted molar refractivity (Wildman–Crippen MR) is 112 cm³/mol. The molecule has 0 bridgehead atoms. The van der Waals surface area contributed by atoms with Crippen molar-refractivity contribution in [2.45, 2.75) is 11.3 Å². The minimum atomic E-state index is -3.18. The van der Waals surface area contributed by atoms with Crippen molar-refractivity contribution in [3.05, 3.63) is 59.2 Å². The molecule has 3 rings (SSSR count). The molecule has 27 heavy (non-hydrogen) atoms. The molecule has 2 aromatic carbocycles. The summed E-state index contributed by atoms with van der Waals surface area (Å²) >= 11 is 3.48. The minimum absolute atomic E-state index is 0.297. The van der Waals surface area contributed by atoms with E-state index >= 15 is 0 Å². The van der Waals surface area contributed by atoms with Gasteiger partial charge < -0.3 is 9.64 Å². The summed E-state index contributed by atoms with van der Waals surface area (Å²) in [6.45, 7) is 1.38. The van der Waals surface area contributed by atoms with E-state index in [1.165, 1.54) is 6.26 Å². The first-order chi connectivity index (χ1) is 12.8. The van der Waals surface area contributed by atoms with Gasteiger partial charge in [-0.3, -0.25) is 4.98 Å². The number of anilines is 1. The van der Waals surface area contributed by atoms with Crippen LogP contribution in [0, 0.1) is 0 Å². The van der Waals surface area contributed by atoms with Crippen LogP contribution < -0.4 is 9.64 Å². The van der Waals surface area contributed by atoms with Crippen LogP contribution in [-0.4, -0.2) is 39.9 Å². The Bertz CT molecular complexity index is 1040. The van der Waals surface area contributed by atoms with Gasteiger partial charge in [-0.15, -0.1) is 0 Å². The summed E-state index contributed by atoms with van der Waals surface area (Å²) in [4.78, 5) is 6.91. The van der Waals surface area contributed by atoms with E-state index < -0.39 is 9.84 Å². The molecule has 0 saturated carbocycles. The molecule has 0 amide bonds. The van der Waals surface area contributed by atoms with E-state index in [1.54, 1.807) is 24.3 Å². The zero-order valence-electron chi connectivity index (χ0n) is 15.2. The Hall–Kier alpha value is -2.12. The molecule has 1 heterocycles. The standard InChI is InChI=1S/C20H21BrN2O3S/c1-23(20-10-11-22-19-14-15(21)4-9-18(19)20)12-3-13-26-16-5-7-17(8-6-16)27(2,24)25/h4-11,14H,3,12-13H2,1-2H3. The smallest absolute Gasteiger partial charge is 0.175 e. The second-order valence-corrected chi connectivity index (χ2v) is 9.29. The van der Waals surface area contributed by atoms with Crippen molar-refractivity contribution < 1.29 is 13.2 Å². The van der Waals surface area contributed by atoms with Crippen LogP contribution in [0.15, 0.2) is 64.1 Å². The van der Waals surface area contributed by atoms with Crippen LogP contribution in [-0.2, 0) is 9.84 Å². The van der Waals surface area contributed by atoms with Gasteiger partial charge in [0.15, 0.2) is 9.84 Å². The van der Waals surface area contributed by atoms with Gasteiger partial charge >= 0.3 is 0 Å². The lowest BCUT2D eigenvalue weighted by Crippen LogP contribution is -2.20.